The minimum Gasteiger partial charge on any atom is -0.395 e. The number of aliphatic hydroxyl groups excluding tert-OH is 1. The lowest BCUT2D eigenvalue weighted by molar-refractivity contribution is 0.104. The molecule has 0 aliphatic carbocycles. The van der Waals surface area contributed by atoms with Gasteiger partial charge in [-0.05, 0) is 67.2 Å². The lowest BCUT2D eigenvalue weighted by Crippen LogP contribution is -2.39. The molecule has 1 fully saturated rings. The van der Waals surface area contributed by atoms with Crippen molar-refractivity contribution < 1.29 is 9.84 Å². The number of rotatable bonds is 10. The number of pyridine rings is 1. The van der Waals surface area contributed by atoms with E-state index in [4.69, 9.17) is 9.84 Å². The lowest BCUT2D eigenvalue weighted by atomic mass is 9.95. The quantitative estimate of drug-likeness (QED) is 0.597. The highest BCUT2D eigenvalue weighted by molar-refractivity contribution is 5.36. The Labute approximate surface area is 187 Å². The molecule has 31 heavy (non-hydrogen) atoms. The Morgan fingerprint density at radius 2 is 1.74 bits per heavy atom. The lowest BCUT2D eigenvalue weighted by Gasteiger charge is -2.35. The molecule has 1 aromatic heterocycles. The van der Waals surface area contributed by atoms with Gasteiger partial charge in [-0.25, -0.2) is 0 Å². The molecule has 1 saturated heterocycles. The number of nitrogens with zero attached hydrogens (tertiary/aromatic N) is 3. The van der Waals surface area contributed by atoms with E-state index < -0.39 is 0 Å². The summed E-state index contributed by atoms with van der Waals surface area (Å²) in [6.07, 6.45) is 6.76. The van der Waals surface area contributed by atoms with Crippen LogP contribution in [0.3, 0.4) is 0 Å². The summed E-state index contributed by atoms with van der Waals surface area (Å²) in [7, 11) is 1.78. The van der Waals surface area contributed by atoms with Crippen LogP contribution >= 0.6 is 0 Å². The first-order valence-corrected chi connectivity index (χ1v) is 11.3. The van der Waals surface area contributed by atoms with E-state index in [-0.39, 0.29) is 6.61 Å². The molecule has 2 heterocycles. The zero-order valence-corrected chi connectivity index (χ0v) is 18.7. The van der Waals surface area contributed by atoms with Gasteiger partial charge in [-0.3, -0.25) is 9.88 Å². The highest BCUT2D eigenvalue weighted by atomic mass is 16.5. The Bertz CT molecular complexity index is 806. The topological polar surface area (TPSA) is 48.8 Å². The van der Waals surface area contributed by atoms with Crippen molar-refractivity contribution in [3.05, 3.63) is 65.5 Å². The molecule has 0 saturated carbocycles. The number of likely N-dealkylation sites (tertiary alicyclic amines) is 1. The average molecular weight is 422 g/mol. The monoisotopic (exact) mass is 421 g/mol. The molecule has 1 aliphatic heterocycles. The van der Waals surface area contributed by atoms with E-state index in [2.05, 4.69) is 63.0 Å². The zero-order valence-electron chi connectivity index (χ0n) is 18.7. The first kappa shape index (κ1) is 23.4. The maximum atomic E-state index is 8.88. The van der Waals surface area contributed by atoms with Gasteiger partial charge in [0.05, 0.1) is 13.2 Å². The van der Waals surface area contributed by atoms with Gasteiger partial charge in [-0.1, -0.05) is 24.0 Å². The van der Waals surface area contributed by atoms with Gasteiger partial charge in [-0.15, -0.1) is 0 Å². The summed E-state index contributed by atoms with van der Waals surface area (Å²) in [5.74, 6) is 6.82. The molecule has 5 nitrogen and oxygen atoms in total. The molecule has 2 aromatic rings. The fraction of sp³-hybridized carbons (Fsp3) is 0.500. The fourth-order valence-corrected chi connectivity index (χ4v) is 4.08. The molecule has 0 amide bonds. The number of piperidine rings is 1. The smallest absolute Gasteiger partial charge is 0.0589 e. The number of methoxy groups -OCH3 is 1. The maximum Gasteiger partial charge on any atom is 0.0589 e. The Hall–Kier alpha value is -2.23. The van der Waals surface area contributed by atoms with Crippen LogP contribution < -0.4 is 0 Å². The van der Waals surface area contributed by atoms with E-state index in [1.807, 2.05) is 12.4 Å². The number of benzene rings is 1. The predicted octanol–water partition coefficient (Wildman–Crippen LogP) is 3.18. The van der Waals surface area contributed by atoms with Crippen LogP contribution in [-0.4, -0.2) is 66.4 Å². The number of aromatic nitrogens is 1. The minimum atomic E-state index is 0.111. The zero-order chi connectivity index (χ0) is 21.7. The van der Waals surface area contributed by atoms with Gasteiger partial charge in [-0.2, -0.15) is 0 Å². The molecule has 1 aromatic carbocycles. The molecule has 0 bridgehead atoms. The number of aliphatic hydroxyl groups is 1. The van der Waals surface area contributed by atoms with Crippen molar-refractivity contribution in [3.8, 4) is 11.8 Å². The van der Waals surface area contributed by atoms with Crippen molar-refractivity contribution in [1.82, 2.24) is 14.8 Å². The summed E-state index contributed by atoms with van der Waals surface area (Å²) in [4.78, 5) is 9.25. The van der Waals surface area contributed by atoms with Gasteiger partial charge < -0.3 is 14.7 Å². The van der Waals surface area contributed by atoms with E-state index in [1.54, 1.807) is 7.11 Å². The molecule has 0 radical (unpaired) electrons. The van der Waals surface area contributed by atoms with E-state index >= 15 is 0 Å². The van der Waals surface area contributed by atoms with E-state index in [0.717, 1.165) is 44.3 Å². The molecule has 5 heteroatoms. The van der Waals surface area contributed by atoms with Crippen LogP contribution in [0.5, 0.6) is 0 Å². The van der Waals surface area contributed by atoms with Crippen LogP contribution in [0.4, 0.5) is 0 Å². The second kappa shape index (κ2) is 13.2. The number of ether oxygens (including phenoxy) is 1. The van der Waals surface area contributed by atoms with Crippen molar-refractivity contribution in [1.29, 1.82) is 0 Å². The molecular weight excluding hydrogens is 386 g/mol. The van der Waals surface area contributed by atoms with Crippen LogP contribution in [0.15, 0.2) is 48.8 Å². The van der Waals surface area contributed by atoms with Crippen LogP contribution in [0.2, 0.25) is 0 Å². The van der Waals surface area contributed by atoms with Crippen LogP contribution in [-0.2, 0) is 17.8 Å². The average Bonchev–Trinajstić information content (AvgIpc) is 2.80. The van der Waals surface area contributed by atoms with Gasteiger partial charge in [0.25, 0.3) is 0 Å². The third kappa shape index (κ3) is 8.43. The standard InChI is InChI=1S/C26H35N3O2/c1-31-19-17-28-15-11-26(12-16-28)22-29(21-25-9-13-27-14-10-25)20-24-7-5-23(6-8-24)4-2-3-18-30/h5-10,13-14,26,30H,3,11-12,15-22H2,1H3. The Morgan fingerprint density at radius 1 is 1.06 bits per heavy atom. The van der Waals surface area contributed by atoms with Crippen molar-refractivity contribution in [2.24, 2.45) is 5.92 Å². The van der Waals surface area contributed by atoms with E-state index in [0.29, 0.717) is 6.42 Å². The number of hydrogen-bond acceptors (Lipinski definition) is 5. The molecule has 1 aliphatic rings. The van der Waals surface area contributed by atoms with Crippen molar-refractivity contribution in [2.45, 2.75) is 32.4 Å². The summed E-state index contributed by atoms with van der Waals surface area (Å²) >= 11 is 0. The third-order valence-corrected chi connectivity index (χ3v) is 5.82. The summed E-state index contributed by atoms with van der Waals surface area (Å²) in [5.41, 5.74) is 3.61. The summed E-state index contributed by atoms with van der Waals surface area (Å²) in [6, 6.07) is 12.7. The Kier molecular flexibility index (Phi) is 10.0. The Balaban J connectivity index is 1.60. The highest BCUT2D eigenvalue weighted by Gasteiger charge is 2.21. The summed E-state index contributed by atoms with van der Waals surface area (Å²) < 4.78 is 5.23. The highest BCUT2D eigenvalue weighted by Crippen LogP contribution is 2.21. The van der Waals surface area contributed by atoms with Crippen molar-refractivity contribution in [3.63, 3.8) is 0 Å². The first-order valence-electron chi connectivity index (χ1n) is 11.3. The summed E-state index contributed by atoms with van der Waals surface area (Å²) in [6.45, 7) is 7.27. The summed E-state index contributed by atoms with van der Waals surface area (Å²) in [5, 5.41) is 8.88. The predicted molar refractivity (Wildman–Crippen MR) is 124 cm³/mol. The van der Waals surface area contributed by atoms with Crippen molar-refractivity contribution >= 4 is 0 Å². The van der Waals surface area contributed by atoms with Crippen LogP contribution in [0.1, 0.15) is 36.0 Å². The van der Waals surface area contributed by atoms with Gasteiger partial charge in [0, 0.05) is 57.7 Å². The van der Waals surface area contributed by atoms with E-state index in [9.17, 15) is 0 Å². The largest absolute Gasteiger partial charge is 0.395 e. The molecule has 0 spiro atoms. The van der Waals surface area contributed by atoms with Crippen LogP contribution in [0, 0.1) is 17.8 Å². The van der Waals surface area contributed by atoms with Gasteiger partial charge in [0.1, 0.15) is 0 Å². The number of hydrogen-bond donors (Lipinski definition) is 1. The molecule has 0 atom stereocenters. The van der Waals surface area contributed by atoms with Gasteiger partial charge >= 0.3 is 0 Å². The van der Waals surface area contributed by atoms with Gasteiger partial charge in [0.15, 0.2) is 0 Å². The molecular formula is C26H35N3O2. The second-order valence-electron chi connectivity index (χ2n) is 8.28. The van der Waals surface area contributed by atoms with Gasteiger partial charge in [0.2, 0.25) is 0 Å². The molecule has 166 valence electrons. The van der Waals surface area contributed by atoms with Crippen LogP contribution in [0.25, 0.3) is 0 Å². The normalized spacial score (nSPS) is 15.1. The molecule has 0 unspecified atom stereocenters. The second-order valence-corrected chi connectivity index (χ2v) is 8.28. The molecule has 1 N–H and O–H groups in total. The SMILES string of the molecule is COCCN1CCC(CN(Cc2ccncc2)Cc2ccc(C#CCCO)cc2)CC1. The van der Waals surface area contributed by atoms with Crippen molar-refractivity contribution in [2.75, 3.05) is 46.5 Å². The first-order chi connectivity index (χ1) is 15.3. The maximum absolute atomic E-state index is 8.88. The Morgan fingerprint density at radius 3 is 2.39 bits per heavy atom. The molecule has 3 rings (SSSR count). The van der Waals surface area contributed by atoms with E-state index in [1.165, 1.54) is 37.1 Å². The minimum absolute atomic E-state index is 0.111. The fourth-order valence-electron chi connectivity index (χ4n) is 4.08. The third-order valence-electron chi connectivity index (χ3n) is 5.82.